The Labute approximate surface area is 165 Å². The number of nitrogens with zero attached hydrogens (tertiary/aromatic N) is 3. The minimum absolute atomic E-state index is 0.0590. The molecule has 150 valence electrons. The molecule has 1 saturated heterocycles. The van der Waals surface area contributed by atoms with Crippen molar-refractivity contribution in [2.45, 2.75) is 52.1 Å². The molecule has 1 aliphatic heterocycles. The van der Waals surface area contributed by atoms with Crippen LogP contribution < -0.4 is 0 Å². The van der Waals surface area contributed by atoms with E-state index < -0.39 is 12.1 Å². The van der Waals surface area contributed by atoms with Crippen LogP contribution in [0, 0.1) is 5.92 Å². The van der Waals surface area contributed by atoms with E-state index in [1.165, 1.54) is 6.92 Å². The van der Waals surface area contributed by atoms with Gasteiger partial charge in [-0.1, -0.05) is 49.3 Å². The van der Waals surface area contributed by atoms with E-state index in [0.717, 1.165) is 24.8 Å². The summed E-state index contributed by atoms with van der Waals surface area (Å²) < 4.78 is 10.9. The van der Waals surface area contributed by atoms with Crippen LogP contribution in [-0.4, -0.2) is 40.0 Å². The summed E-state index contributed by atoms with van der Waals surface area (Å²) >= 11 is 0. The average molecular weight is 385 g/mol. The number of ether oxygens (including phenoxy) is 1. The van der Waals surface area contributed by atoms with Gasteiger partial charge in [-0.3, -0.25) is 9.59 Å². The molecular formula is C21H27N3O4. The van der Waals surface area contributed by atoms with Crippen molar-refractivity contribution in [1.29, 1.82) is 0 Å². The highest BCUT2D eigenvalue weighted by atomic mass is 16.6. The lowest BCUT2D eigenvalue weighted by atomic mass is 9.95. The number of likely N-dealkylation sites (tertiary alicyclic amines) is 1. The fraction of sp³-hybridized carbons (Fsp3) is 0.524. The molecule has 0 N–H and O–H groups in total. The van der Waals surface area contributed by atoms with Crippen molar-refractivity contribution in [2.75, 3.05) is 13.1 Å². The van der Waals surface area contributed by atoms with E-state index in [0.29, 0.717) is 18.9 Å². The molecule has 0 saturated carbocycles. The van der Waals surface area contributed by atoms with Crippen molar-refractivity contribution in [3.8, 4) is 0 Å². The highest BCUT2D eigenvalue weighted by Crippen LogP contribution is 2.30. The summed E-state index contributed by atoms with van der Waals surface area (Å²) in [5.74, 6) is 0.878. The van der Waals surface area contributed by atoms with Gasteiger partial charge in [0.2, 0.25) is 12.0 Å². The monoisotopic (exact) mass is 385 g/mol. The Balaban J connectivity index is 1.69. The smallest absolute Gasteiger partial charge is 0.303 e. The molecule has 2 heterocycles. The van der Waals surface area contributed by atoms with Crippen LogP contribution in [0.25, 0.3) is 0 Å². The number of piperidine rings is 1. The second-order valence-corrected chi connectivity index (χ2v) is 7.30. The van der Waals surface area contributed by atoms with Crippen molar-refractivity contribution in [3.05, 3.63) is 47.6 Å². The third-order valence-electron chi connectivity index (χ3n) is 5.27. The third-order valence-corrected chi connectivity index (χ3v) is 5.27. The van der Waals surface area contributed by atoms with Crippen LogP contribution in [-0.2, 0) is 14.3 Å². The summed E-state index contributed by atoms with van der Waals surface area (Å²) in [4.78, 5) is 30.3. The van der Waals surface area contributed by atoms with Crippen LogP contribution in [0.5, 0.6) is 0 Å². The van der Waals surface area contributed by atoms with Crippen LogP contribution in [0.4, 0.5) is 0 Å². The van der Waals surface area contributed by atoms with Crippen LogP contribution in [0.2, 0.25) is 0 Å². The van der Waals surface area contributed by atoms with Crippen molar-refractivity contribution in [1.82, 2.24) is 15.0 Å². The van der Waals surface area contributed by atoms with Gasteiger partial charge in [-0.05, 0) is 19.3 Å². The molecule has 1 aromatic carbocycles. The first-order valence-corrected chi connectivity index (χ1v) is 9.84. The minimum atomic E-state index is -0.716. The number of esters is 1. The zero-order chi connectivity index (χ0) is 20.1. The van der Waals surface area contributed by atoms with Gasteiger partial charge in [0.1, 0.15) is 0 Å². The summed E-state index contributed by atoms with van der Waals surface area (Å²) in [6.45, 7) is 6.76. The SMILES string of the molecule is CC[C@H](C)C(=O)N1CCC(c2noc([C@H](OC(C)=O)c3ccccc3)n2)CC1. The van der Waals surface area contributed by atoms with E-state index in [4.69, 9.17) is 9.26 Å². The summed E-state index contributed by atoms with van der Waals surface area (Å²) in [5.41, 5.74) is 0.780. The molecule has 3 rings (SSSR count). The average Bonchev–Trinajstić information content (AvgIpc) is 3.21. The Kier molecular flexibility index (Phi) is 6.44. The normalized spacial score (nSPS) is 17.2. The third kappa shape index (κ3) is 4.58. The number of hydrogen-bond donors (Lipinski definition) is 0. The number of carbonyl (C=O) groups excluding carboxylic acids is 2. The maximum absolute atomic E-state index is 12.4. The number of carbonyl (C=O) groups is 2. The fourth-order valence-corrected chi connectivity index (χ4v) is 3.42. The standard InChI is InChI=1S/C21H27N3O4/c1-4-14(2)21(26)24-12-10-17(11-13-24)19-22-20(28-23-19)18(27-15(3)25)16-8-6-5-7-9-16/h5-9,14,17-18H,4,10-13H2,1-3H3/t14-,18+/m0/s1. The van der Waals surface area contributed by atoms with Gasteiger partial charge >= 0.3 is 5.97 Å². The molecule has 7 nitrogen and oxygen atoms in total. The van der Waals surface area contributed by atoms with E-state index in [1.54, 1.807) is 0 Å². The molecule has 2 aromatic rings. The van der Waals surface area contributed by atoms with E-state index in [1.807, 2.05) is 49.1 Å². The van der Waals surface area contributed by atoms with Gasteiger partial charge in [0, 0.05) is 37.4 Å². The number of aromatic nitrogens is 2. The Bertz CT molecular complexity index is 797. The predicted octanol–water partition coefficient (Wildman–Crippen LogP) is 3.47. The Hall–Kier alpha value is -2.70. The quantitative estimate of drug-likeness (QED) is 0.708. The van der Waals surface area contributed by atoms with Crippen LogP contribution in [0.3, 0.4) is 0 Å². The van der Waals surface area contributed by atoms with Gasteiger partial charge < -0.3 is 14.2 Å². The first kappa shape index (κ1) is 20.0. The zero-order valence-electron chi connectivity index (χ0n) is 16.6. The maximum atomic E-state index is 12.4. The number of hydrogen-bond acceptors (Lipinski definition) is 6. The van der Waals surface area contributed by atoms with Gasteiger partial charge in [-0.15, -0.1) is 0 Å². The van der Waals surface area contributed by atoms with E-state index in [9.17, 15) is 9.59 Å². The van der Waals surface area contributed by atoms with Gasteiger partial charge in [0.05, 0.1) is 0 Å². The fourth-order valence-electron chi connectivity index (χ4n) is 3.42. The molecule has 0 aliphatic carbocycles. The van der Waals surface area contributed by atoms with Crippen molar-refractivity contribution >= 4 is 11.9 Å². The van der Waals surface area contributed by atoms with Crippen LogP contribution in [0.1, 0.15) is 69.3 Å². The van der Waals surface area contributed by atoms with E-state index >= 15 is 0 Å². The topological polar surface area (TPSA) is 85.5 Å². The summed E-state index contributed by atoms with van der Waals surface area (Å²) in [6.07, 6.45) is 1.73. The molecule has 1 aliphatic rings. The van der Waals surface area contributed by atoms with Crippen LogP contribution in [0.15, 0.2) is 34.9 Å². The van der Waals surface area contributed by atoms with Gasteiger partial charge in [0.15, 0.2) is 5.82 Å². The Morgan fingerprint density at radius 2 is 1.93 bits per heavy atom. The molecule has 2 atom stereocenters. The largest absolute Gasteiger partial charge is 0.447 e. The molecule has 7 heteroatoms. The lowest BCUT2D eigenvalue weighted by Crippen LogP contribution is -2.40. The maximum Gasteiger partial charge on any atom is 0.303 e. The number of benzene rings is 1. The highest BCUT2D eigenvalue weighted by molar-refractivity contribution is 5.78. The minimum Gasteiger partial charge on any atom is -0.447 e. The molecule has 0 spiro atoms. The summed E-state index contributed by atoms with van der Waals surface area (Å²) in [7, 11) is 0. The van der Waals surface area contributed by atoms with E-state index in [2.05, 4.69) is 10.1 Å². The van der Waals surface area contributed by atoms with Crippen molar-refractivity contribution < 1.29 is 18.8 Å². The Morgan fingerprint density at radius 1 is 1.25 bits per heavy atom. The second kappa shape index (κ2) is 8.99. The molecule has 28 heavy (non-hydrogen) atoms. The molecule has 0 radical (unpaired) electrons. The second-order valence-electron chi connectivity index (χ2n) is 7.30. The first-order valence-electron chi connectivity index (χ1n) is 9.84. The van der Waals surface area contributed by atoms with Gasteiger partial charge in [0.25, 0.3) is 5.89 Å². The van der Waals surface area contributed by atoms with Gasteiger partial charge in [-0.25, -0.2) is 0 Å². The lowest BCUT2D eigenvalue weighted by Gasteiger charge is -2.32. The van der Waals surface area contributed by atoms with Crippen molar-refractivity contribution in [3.63, 3.8) is 0 Å². The highest BCUT2D eigenvalue weighted by Gasteiger charge is 2.30. The molecule has 1 aromatic heterocycles. The lowest BCUT2D eigenvalue weighted by molar-refractivity contribution is -0.145. The molecular weight excluding hydrogens is 358 g/mol. The van der Waals surface area contributed by atoms with E-state index in [-0.39, 0.29) is 23.6 Å². The van der Waals surface area contributed by atoms with Crippen LogP contribution >= 0.6 is 0 Å². The number of rotatable bonds is 6. The summed E-state index contributed by atoms with van der Waals surface area (Å²) in [6, 6.07) is 9.34. The molecule has 1 fully saturated rings. The van der Waals surface area contributed by atoms with Gasteiger partial charge in [-0.2, -0.15) is 4.98 Å². The summed E-state index contributed by atoms with van der Waals surface area (Å²) in [5, 5.41) is 4.13. The first-order chi connectivity index (χ1) is 13.5. The molecule has 0 bridgehead atoms. The number of amides is 1. The van der Waals surface area contributed by atoms with Crippen molar-refractivity contribution in [2.24, 2.45) is 5.92 Å². The predicted molar refractivity (Wildman–Crippen MR) is 102 cm³/mol. The molecule has 0 unspecified atom stereocenters. The Morgan fingerprint density at radius 3 is 2.54 bits per heavy atom. The molecule has 1 amide bonds. The zero-order valence-corrected chi connectivity index (χ0v) is 16.6.